The van der Waals surface area contributed by atoms with Crippen molar-refractivity contribution in [3.63, 3.8) is 0 Å². The molecule has 2 N–H and O–H groups in total. The number of hydrogen-bond acceptors (Lipinski definition) is 3. The number of hydrogen-bond donors (Lipinski definition) is 2. The Morgan fingerprint density at radius 2 is 1.94 bits per heavy atom. The van der Waals surface area contributed by atoms with Crippen LogP contribution in [0.3, 0.4) is 0 Å². The number of amides is 1. The van der Waals surface area contributed by atoms with Crippen LogP contribution < -0.4 is 10.6 Å². The summed E-state index contributed by atoms with van der Waals surface area (Å²) in [6, 6.07) is 9.72. The standard InChI is InChI=1S/C14H20N2O2/c1-11(15-13-7-9-18-10-8-13)14(17)16-12-5-3-2-4-6-12/h2-6,11,13,15H,7-10H2,1H3,(H,16,17). The average molecular weight is 248 g/mol. The van der Waals surface area contributed by atoms with E-state index in [4.69, 9.17) is 4.74 Å². The number of anilines is 1. The molecule has 1 saturated heterocycles. The summed E-state index contributed by atoms with van der Waals surface area (Å²) < 4.78 is 5.30. The topological polar surface area (TPSA) is 50.4 Å². The fourth-order valence-corrected chi connectivity index (χ4v) is 2.07. The fourth-order valence-electron chi connectivity index (χ4n) is 2.07. The van der Waals surface area contributed by atoms with Gasteiger partial charge < -0.3 is 15.4 Å². The lowest BCUT2D eigenvalue weighted by Gasteiger charge is -2.26. The Bertz CT molecular complexity index is 375. The Labute approximate surface area is 108 Å². The van der Waals surface area contributed by atoms with Gasteiger partial charge in [-0.15, -0.1) is 0 Å². The highest BCUT2D eigenvalue weighted by molar-refractivity contribution is 5.94. The maximum absolute atomic E-state index is 12.0. The van der Waals surface area contributed by atoms with Crippen LogP contribution in [-0.2, 0) is 9.53 Å². The molecule has 0 radical (unpaired) electrons. The summed E-state index contributed by atoms with van der Waals surface area (Å²) in [4.78, 5) is 12.0. The Morgan fingerprint density at radius 3 is 2.61 bits per heavy atom. The summed E-state index contributed by atoms with van der Waals surface area (Å²) >= 11 is 0. The molecule has 1 aromatic rings. The van der Waals surface area contributed by atoms with E-state index >= 15 is 0 Å². The number of rotatable bonds is 4. The molecule has 98 valence electrons. The van der Waals surface area contributed by atoms with Crippen molar-refractivity contribution in [3.05, 3.63) is 30.3 Å². The molecule has 1 aliphatic rings. The maximum atomic E-state index is 12.0. The molecule has 0 bridgehead atoms. The van der Waals surface area contributed by atoms with Crippen molar-refractivity contribution in [2.45, 2.75) is 31.8 Å². The first-order valence-electron chi connectivity index (χ1n) is 6.45. The zero-order chi connectivity index (χ0) is 12.8. The van der Waals surface area contributed by atoms with Crippen LogP contribution in [0.5, 0.6) is 0 Å². The quantitative estimate of drug-likeness (QED) is 0.854. The highest BCUT2D eigenvalue weighted by Gasteiger charge is 2.19. The second-order valence-corrected chi connectivity index (χ2v) is 4.63. The summed E-state index contributed by atoms with van der Waals surface area (Å²) in [6.07, 6.45) is 1.95. The van der Waals surface area contributed by atoms with Gasteiger partial charge in [-0.05, 0) is 31.9 Å². The van der Waals surface area contributed by atoms with Crippen molar-refractivity contribution in [1.29, 1.82) is 0 Å². The maximum Gasteiger partial charge on any atom is 0.241 e. The van der Waals surface area contributed by atoms with Gasteiger partial charge >= 0.3 is 0 Å². The second-order valence-electron chi connectivity index (χ2n) is 4.63. The number of carbonyl (C=O) groups is 1. The van der Waals surface area contributed by atoms with Crippen molar-refractivity contribution in [1.82, 2.24) is 5.32 Å². The molecule has 1 aromatic carbocycles. The number of benzene rings is 1. The van der Waals surface area contributed by atoms with Crippen molar-refractivity contribution in [2.75, 3.05) is 18.5 Å². The van der Waals surface area contributed by atoms with E-state index in [-0.39, 0.29) is 11.9 Å². The summed E-state index contributed by atoms with van der Waals surface area (Å²) in [7, 11) is 0. The van der Waals surface area contributed by atoms with Crippen LogP contribution in [0, 0.1) is 0 Å². The van der Waals surface area contributed by atoms with E-state index in [1.807, 2.05) is 37.3 Å². The third-order valence-electron chi connectivity index (χ3n) is 3.14. The van der Waals surface area contributed by atoms with Crippen molar-refractivity contribution in [2.24, 2.45) is 0 Å². The van der Waals surface area contributed by atoms with Gasteiger partial charge in [-0.25, -0.2) is 0 Å². The summed E-state index contributed by atoms with van der Waals surface area (Å²) in [5.41, 5.74) is 0.836. The molecule has 4 nitrogen and oxygen atoms in total. The minimum atomic E-state index is -0.187. The first-order chi connectivity index (χ1) is 8.75. The van der Waals surface area contributed by atoms with Crippen LogP contribution in [0.2, 0.25) is 0 Å². The van der Waals surface area contributed by atoms with E-state index in [1.165, 1.54) is 0 Å². The molecule has 0 spiro atoms. The number of para-hydroxylation sites is 1. The zero-order valence-corrected chi connectivity index (χ0v) is 10.7. The van der Waals surface area contributed by atoms with Crippen LogP contribution >= 0.6 is 0 Å². The van der Waals surface area contributed by atoms with Crippen LogP contribution in [0.25, 0.3) is 0 Å². The van der Waals surface area contributed by atoms with E-state index in [1.54, 1.807) is 0 Å². The Balaban J connectivity index is 1.81. The Kier molecular flexibility index (Phi) is 4.73. The predicted octanol–water partition coefficient (Wildman–Crippen LogP) is 1.78. The fraction of sp³-hybridized carbons (Fsp3) is 0.500. The van der Waals surface area contributed by atoms with Crippen LogP contribution in [0.15, 0.2) is 30.3 Å². The van der Waals surface area contributed by atoms with E-state index in [0.717, 1.165) is 31.7 Å². The third-order valence-corrected chi connectivity index (χ3v) is 3.14. The molecule has 1 amide bonds. The van der Waals surface area contributed by atoms with Gasteiger partial charge in [0, 0.05) is 24.9 Å². The summed E-state index contributed by atoms with van der Waals surface area (Å²) in [5.74, 6) is 0.00712. The average Bonchev–Trinajstić information content (AvgIpc) is 2.41. The van der Waals surface area contributed by atoms with Crippen LogP contribution in [0.4, 0.5) is 5.69 Å². The molecule has 4 heteroatoms. The van der Waals surface area contributed by atoms with Crippen molar-refractivity contribution in [3.8, 4) is 0 Å². The highest BCUT2D eigenvalue weighted by atomic mass is 16.5. The van der Waals surface area contributed by atoms with Gasteiger partial charge in [-0.2, -0.15) is 0 Å². The molecule has 0 saturated carbocycles. The second kappa shape index (κ2) is 6.52. The molecular weight excluding hydrogens is 228 g/mol. The minimum absolute atomic E-state index is 0.00712. The van der Waals surface area contributed by atoms with Gasteiger partial charge in [0.25, 0.3) is 0 Å². The van der Waals surface area contributed by atoms with Crippen LogP contribution in [-0.4, -0.2) is 31.2 Å². The monoisotopic (exact) mass is 248 g/mol. The molecule has 1 heterocycles. The highest BCUT2D eigenvalue weighted by Crippen LogP contribution is 2.09. The van der Waals surface area contributed by atoms with E-state index in [9.17, 15) is 4.79 Å². The molecule has 1 unspecified atom stereocenters. The third kappa shape index (κ3) is 3.82. The van der Waals surface area contributed by atoms with Crippen molar-refractivity contribution >= 4 is 11.6 Å². The van der Waals surface area contributed by atoms with Crippen LogP contribution in [0.1, 0.15) is 19.8 Å². The van der Waals surface area contributed by atoms with Gasteiger partial charge in [0.2, 0.25) is 5.91 Å². The molecule has 1 aliphatic heterocycles. The molecule has 18 heavy (non-hydrogen) atoms. The lowest BCUT2D eigenvalue weighted by molar-refractivity contribution is -0.118. The Morgan fingerprint density at radius 1 is 1.28 bits per heavy atom. The largest absolute Gasteiger partial charge is 0.381 e. The molecule has 0 aromatic heterocycles. The van der Waals surface area contributed by atoms with E-state index < -0.39 is 0 Å². The van der Waals surface area contributed by atoms with Gasteiger partial charge in [0.1, 0.15) is 0 Å². The molecular formula is C14H20N2O2. The number of carbonyl (C=O) groups excluding carboxylic acids is 1. The summed E-state index contributed by atoms with van der Waals surface area (Å²) in [5, 5.41) is 6.25. The van der Waals surface area contributed by atoms with E-state index in [0.29, 0.717) is 6.04 Å². The lowest BCUT2D eigenvalue weighted by Crippen LogP contribution is -2.46. The van der Waals surface area contributed by atoms with Gasteiger partial charge in [0.05, 0.1) is 6.04 Å². The Hall–Kier alpha value is -1.39. The first kappa shape index (κ1) is 13.1. The van der Waals surface area contributed by atoms with Gasteiger partial charge in [-0.1, -0.05) is 18.2 Å². The predicted molar refractivity (Wildman–Crippen MR) is 71.5 cm³/mol. The molecule has 1 atom stereocenters. The van der Waals surface area contributed by atoms with Crippen molar-refractivity contribution < 1.29 is 9.53 Å². The SMILES string of the molecule is CC(NC1CCOCC1)C(=O)Nc1ccccc1. The molecule has 2 rings (SSSR count). The van der Waals surface area contributed by atoms with Gasteiger partial charge in [-0.3, -0.25) is 4.79 Å². The number of nitrogens with one attached hydrogen (secondary N) is 2. The molecule has 1 fully saturated rings. The minimum Gasteiger partial charge on any atom is -0.381 e. The zero-order valence-electron chi connectivity index (χ0n) is 10.7. The van der Waals surface area contributed by atoms with Gasteiger partial charge in [0.15, 0.2) is 0 Å². The normalized spacial score (nSPS) is 18.3. The number of ether oxygens (including phenoxy) is 1. The summed E-state index contributed by atoms with van der Waals surface area (Å²) in [6.45, 7) is 3.46. The first-order valence-corrected chi connectivity index (χ1v) is 6.45. The van der Waals surface area contributed by atoms with E-state index in [2.05, 4.69) is 10.6 Å². The lowest BCUT2D eigenvalue weighted by atomic mass is 10.1. The smallest absolute Gasteiger partial charge is 0.241 e. The molecule has 0 aliphatic carbocycles.